The van der Waals surface area contributed by atoms with Crippen molar-refractivity contribution in [1.29, 1.82) is 0 Å². The third kappa shape index (κ3) is 5.59. The molecule has 5 nitrogen and oxygen atoms in total. The number of aryl methyl sites for hydroxylation is 2. The predicted octanol–water partition coefficient (Wildman–Crippen LogP) is 4.73. The highest BCUT2D eigenvalue weighted by atomic mass is 16.5. The van der Waals surface area contributed by atoms with E-state index in [2.05, 4.69) is 5.32 Å². The van der Waals surface area contributed by atoms with Crippen molar-refractivity contribution in [2.24, 2.45) is 0 Å². The first-order valence-corrected chi connectivity index (χ1v) is 10.4. The summed E-state index contributed by atoms with van der Waals surface area (Å²) in [6.07, 6.45) is 3.81. The van der Waals surface area contributed by atoms with Crippen LogP contribution in [0.2, 0.25) is 0 Å². The fourth-order valence-corrected chi connectivity index (χ4v) is 3.51. The first-order chi connectivity index (χ1) is 13.9. The van der Waals surface area contributed by atoms with E-state index in [9.17, 15) is 9.59 Å². The standard InChI is InChI=1S/C24H30N2O3/c1-17-11-12-18(2)22(15-17)29-19(3)23(27)25-21-10-8-9-20(16-21)24(28)26-13-6-4-5-7-14-26/h8-12,15-16,19H,4-7,13-14H2,1-3H3,(H,25,27). The fourth-order valence-electron chi connectivity index (χ4n) is 3.51. The van der Waals surface area contributed by atoms with E-state index in [-0.39, 0.29) is 11.8 Å². The van der Waals surface area contributed by atoms with Crippen molar-refractivity contribution in [3.63, 3.8) is 0 Å². The summed E-state index contributed by atoms with van der Waals surface area (Å²) >= 11 is 0. The summed E-state index contributed by atoms with van der Waals surface area (Å²) in [6, 6.07) is 13.1. The summed E-state index contributed by atoms with van der Waals surface area (Å²) in [5.41, 5.74) is 3.28. The molecule has 1 fully saturated rings. The van der Waals surface area contributed by atoms with E-state index in [1.165, 1.54) is 12.8 Å². The van der Waals surface area contributed by atoms with Crippen LogP contribution in [0, 0.1) is 13.8 Å². The van der Waals surface area contributed by atoms with Crippen LogP contribution < -0.4 is 10.1 Å². The Morgan fingerprint density at radius 3 is 2.45 bits per heavy atom. The van der Waals surface area contributed by atoms with Gasteiger partial charge in [0.2, 0.25) is 0 Å². The number of ether oxygens (including phenoxy) is 1. The molecule has 2 aromatic rings. The zero-order valence-electron chi connectivity index (χ0n) is 17.5. The molecule has 154 valence electrons. The molecule has 0 radical (unpaired) electrons. The maximum atomic E-state index is 12.8. The number of nitrogens with zero attached hydrogens (tertiary/aromatic N) is 1. The monoisotopic (exact) mass is 394 g/mol. The Morgan fingerprint density at radius 2 is 1.72 bits per heavy atom. The van der Waals surface area contributed by atoms with Gasteiger partial charge in [0.25, 0.3) is 11.8 Å². The molecule has 1 saturated heterocycles. The van der Waals surface area contributed by atoms with Crippen LogP contribution >= 0.6 is 0 Å². The maximum absolute atomic E-state index is 12.8. The zero-order chi connectivity index (χ0) is 20.8. The normalized spacial score (nSPS) is 15.3. The number of carbonyl (C=O) groups excluding carboxylic acids is 2. The van der Waals surface area contributed by atoms with Gasteiger partial charge in [0.1, 0.15) is 5.75 Å². The van der Waals surface area contributed by atoms with Crippen LogP contribution in [0.4, 0.5) is 5.69 Å². The molecule has 3 rings (SSSR count). The van der Waals surface area contributed by atoms with E-state index in [0.717, 1.165) is 37.1 Å². The van der Waals surface area contributed by atoms with E-state index in [1.807, 2.05) is 36.9 Å². The van der Waals surface area contributed by atoms with E-state index in [0.29, 0.717) is 17.0 Å². The molecular weight excluding hydrogens is 364 g/mol. The van der Waals surface area contributed by atoms with Crippen molar-refractivity contribution in [3.8, 4) is 5.75 Å². The molecule has 0 saturated carbocycles. The Bertz CT molecular complexity index is 870. The second-order valence-corrected chi connectivity index (χ2v) is 7.81. The van der Waals surface area contributed by atoms with Gasteiger partial charge >= 0.3 is 0 Å². The Labute approximate surface area is 173 Å². The first kappa shape index (κ1) is 20.9. The molecule has 1 atom stereocenters. The molecule has 1 aliphatic heterocycles. The summed E-state index contributed by atoms with van der Waals surface area (Å²) in [7, 11) is 0. The largest absolute Gasteiger partial charge is 0.481 e. The summed E-state index contributed by atoms with van der Waals surface area (Å²) < 4.78 is 5.86. The van der Waals surface area contributed by atoms with Crippen molar-refractivity contribution in [1.82, 2.24) is 4.90 Å². The molecule has 1 aliphatic rings. The van der Waals surface area contributed by atoms with Crippen LogP contribution in [0.3, 0.4) is 0 Å². The summed E-state index contributed by atoms with van der Waals surface area (Å²) in [5, 5.41) is 2.87. The minimum Gasteiger partial charge on any atom is -0.481 e. The van der Waals surface area contributed by atoms with Crippen LogP contribution in [0.25, 0.3) is 0 Å². The molecule has 5 heteroatoms. The van der Waals surface area contributed by atoms with Crippen LogP contribution in [0.1, 0.15) is 54.1 Å². The van der Waals surface area contributed by atoms with Gasteiger partial charge in [-0.25, -0.2) is 0 Å². The average molecular weight is 395 g/mol. The molecule has 1 heterocycles. The number of rotatable bonds is 5. The Morgan fingerprint density at radius 1 is 1.00 bits per heavy atom. The number of carbonyl (C=O) groups is 2. The number of hydrogen-bond donors (Lipinski definition) is 1. The Balaban J connectivity index is 1.65. The molecule has 29 heavy (non-hydrogen) atoms. The van der Waals surface area contributed by atoms with E-state index in [1.54, 1.807) is 31.2 Å². The molecular formula is C24H30N2O3. The van der Waals surface area contributed by atoms with E-state index < -0.39 is 6.10 Å². The highest BCUT2D eigenvalue weighted by Gasteiger charge is 2.19. The Kier molecular flexibility index (Phi) is 6.91. The highest BCUT2D eigenvalue weighted by molar-refractivity contribution is 5.98. The lowest BCUT2D eigenvalue weighted by Crippen LogP contribution is -2.32. The number of anilines is 1. The molecule has 0 spiro atoms. The lowest BCUT2D eigenvalue weighted by molar-refractivity contribution is -0.122. The van der Waals surface area contributed by atoms with Gasteiger partial charge in [-0.2, -0.15) is 0 Å². The lowest BCUT2D eigenvalue weighted by Gasteiger charge is -2.21. The van der Waals surface area contributed by atoms with E-state index in [4.69, 9.17) is 4.74 Å². The molecule has 2 amide bonds. The second-order valence-electron chi connectivity index (χ2n) is 7.81. The van der Waals surface area contributed by atoms with Gasteiger partial charge in [-0.1, -0.05) is 31.0 Å². The van der Waals surface area contributed by atoms with Crippen LogP contribution in [0.15, 0.2) is 42.5 Å². The molecule has 0 bridgehead atoms. The lowest BCUT2D eigenvalue weighted by atomic mass is 10.1. The minimum absolute atomic E-state index is 0.0303. The molecule has 0 aromatic heterocycles. The van der Waals surface area contributed by atoms with Crippen LogP contribution in [0.5, 0.6) is 5.75 Å². The van der Waals surface area contributed by atoms with Crippen LogP contribution in [-0.2, 0) is 4.79 Å². The molecule has 1 unspecified atom stereocenters. The minimum atomic E-state index is -0.652. The summed E-state index contributed by atoms with van der Waals surface area (Å²) in [5.74, 6) is 0.491. The third-order valence-corrected chi connectivity index (χ3v) is 5.29. The third-order valence-electron chi connectivity index (χ3n) is 5.29. The van der Waals surface area contributed by atoms with Gasteiger partial charge in [0.15, 0.2) is 6.10 Å². The molecule has 2 aromatic carbocycles. The highest BCUT2D eigenvalue weighted by Crippen LogP contribution is 2.21. The predicted molar refractivity (Wildman–Crippen MR) is 115 cm³/mol. The van der Waals surface area contributed by atoms with Crippen molar-refractivity contribution < 1.29 is 14.3 Å². The zero-order valence-corrected chi connectivity index (χ0v) is 17.5. The smallest absolute Gasteiger partial charge is 0.265 e. The Hall–Kier alpha value is -2.82. The average Bonchev–Trinajstić information content (AvgIpc) is 3.00. The number of likely N-dealkylation sites (tertiary alicyclic amines) is 1. The van der Waals surface area contributed by atoms with Gasteiger partial charge in [-0.05, 0) is 69.0 Å². The number of benzene rings is 2. The number of amides is 2. The fraction of sp³-hybridized carbons (Fsp3) is 0.417. The summed E-state index contributed by atoms with van der Waals surface area (Å²) in [6.45, 7) is 7.27. The summed E-state index contributed by atoms with van der Waals surface area (Å²) in [4.78, 5) is 27.4. The van der Waals surface area contributed by atoms with Crippen molar-refractivity contribution in [3.05, 3.63) is 59.2 Å². The first-order valence-electron chi connectivity index (χ1n) is 10.4. The van der Waals surface area contributed by atoms with Crippen LogP contribution in [-0.4, -0.2) is 35.9 Å². The molecule has 1 N–H and O–H groups in total. The molecule has 0 aliphatic carbocycles. The van der Waals surface area contributed by atoms with Crippen molar-refractivity contribution >= 4 is 17.5 Å². The van der Waals surface area contributed by atoms with Gasteiger partial charge in [-0.15, -0.1) is 0 Å². The van der Waals surface area contributed by atoms with Crippen molar-refractivity contribution in [2.75, 3.05) is 18.4 Å². The number of nitrogens with one attached hydrogen (secondary N) is 1. The quantitative estimate of drug-likeness (QED) is 0.798. The maximum Gasteiger partial charge on any atom is 0.265 e. The SMILES string of the molecule is Cc1ccc(C)c(OC(C)C(=O)Nc2cccc(C(=O)N3CCCCCC3)c2)c1. The van der Waals surface area contributed by atoms with Gasteiger partial charge in [-0.3, -0.25) is 9.59 Å². The number of hydrogen-bond acceptors (Lipinski definition) is 3. The van der Waals surface area contributed by atoms with E-state index >= 15 is 0 Å². The second kappa shape index (κ2) is 9.59. The van der Waals surface area contributed by atoms with Gasteiger partial charge < -0.3 is 15.0 Å². The van der Waals surface area contributed by atoms with Gasteiger partial charge in [0, 0.05) is 24.3 Å². The topological polar surface area (TPSA) is 58.6 Å². The van der Waals surface area contributed by atoms with Gasteiger partial charge in [0.05, 0.1) is 0 Å². The van der Waals surface area contributed by atoms with Crippen molar-refractivity contribution in [2.45, 2.75) is 52.6 Å².